The van der Waals surface area contributed by atoms with Crippen molar-refractivity contribution in [1.29, 1.82) is 0 Å². The molecule has 11 heteroatoms. The lowest BCUT2D eigenvalue weighted by Gasteiger charge is -2.12. The number of halogens is 3. The van der Waals surface area contributed by atoms with Crippen molar-refractivity contribution < 1.29 is 36.9 Å². The summed E-state index contributed by atoms with van der Waals surface area (Å²) in [6.45, 7) is 36.4. The Bertz CT molecular complexity index is 2650. The number of Topliss-reactive ketones (excluding diaryl/α,β-unsaturated/α-hetero) is 3. The summed E-state index contributed by atoms with van der Waals surface area (Å²) >= 11 is 0. The molecule has 0 atom stereocenters. The highest BCUT2D eigenvalue weighted by molar-refractivity contribution is 6.73. The fourth-order valence-corrected chi connectivity index (χ4v) is 8.49. The van der Waals surface area contributed by atoms with Crippen LogP contribution in [0.1, 0.15) is 164 Å². The maximum atomic E-state index is 13.0. The van der Waals surface area contributed by atoms with E-state index >= 15 is 0 Å². The Kier molecular flexibility index (Phi) is 31.8. The van der Waals surface area contributed by atoms with Crippen LogP contribution in [0.3, 0.4) is 0 Å². The van der Waals surface area contributed by atoms with Gasteiger partial charge >= 0.3 is 20.0 Å². The number of alkyl halides is 3. The Labute approximate surface area is 452 Å². The zero-order valence-electron chi connectivity index (χ0n) is 48.5. The standard InChI is InChI=1S/C18H16BF3O.2C17H17BO2.6C2H6/c1-19-9-8-13-7-6-12(10-16(13)19)11-17(23)14-4-2-3-5-15(14)18(20,21)22;1-12-3-6-14(7-4-12)17(19)10-13-5-8-15-11-20-18(2)16(15)9-13;1-12-4-3-5-14(8-12)17(19)10-13-6-7-15-11-20-18(2)16(15)9-13;6*1-2/h2-7,10H,8-9,11H2,1H3;2*3-9H,10-11H2,1-2H3;6*1-2H3. The average molecular weight is 1020 g/mol. The Hall–Kier alpha value is -5.77. The summed E-state index contributed by atoms with van der Waals surface area (Å²) in [6.07, 6.45) is -1.51. The molecule has 0 aliphatic carbocycles. The van der Waals surface area contributed by atoms with E-state index in [1.165, 1.54) is 56.8 Å². The minimum Gasteiger partial charge on any atom is -0.427 e. The molecular weight excluding hydrogens is 938 g/mol. The fourth-order valence-electron chi connectivity index (χ4n) is 8.49. The lowest BCUT2D eigenvalue weighted by molar-refractivity contribution is -0.137. The van der Waals surface area contributed by atoms with Gasteiger partial charge in [0.15, 0.2) is 24.1 Å². The van der Waals surface area contributed by atoms with Crippen LogP contribution in [0.25, 0.3) is 0 Å². The molecule has 0 aromatic heterocycles. The van der Waals surface area contributed by atoms with Crippen LogP contribution in [0.15, 0.2) is 127 Å². The van der Waals surface area contributed by atoms with E-state index < -0.39 is 17.5 Å². The third-order valence-corrected chi connectivity index (χ3v) is 12.2. The molecule has 0 bridgehead atoms. The van der Waals surface area contributed by atoms with E-state index in [0.717, 1.165) is 52.2 Å². The lowest BCUT2D eigenvalue weighted by atomic mass is 9.48. The van der Waals surface area contributed by atoms with Crippen molar-refractivity contribution in [3.8, 4) is 0 Å². The zero-order chi connectivity index (χ0) is 56.8. The molecule has 0 amide bonds. The quantitative estimate of drug-likeness (QED) is 0.107. The molecule has 3 heterocycles. The summed E-state index contributed by atoms with van der Waals surface area (Å²) in [4.78, 5) is 37.0. The number of hydrogen-bond donors (Lipinski definition) is 0. The van der Waals surface area contributed by atoms with Gasteiger partial charge in [0.1, 0.15) is 0 Å². The molecule has 0 fully saturated rings. The highest BCUT2D eigenvalue weighted by Gasteiger charge is 2.35. The van der Waals surface area contributed by atoms with Gasteiger partial charge in [-0.2, -0.15) is 13.2 Å². The molecule has 0 saturated carbocycles. The van der Waals surface area contributed by atoms with E-state index in [2.05, 4.69) is 44.7 Å². The minimum absolute atomic E-state index is 0.00685. The van der Waals surface area contributed by atoms with E-state index in [9.17, 15) is 27.6 Å². The Morgan fingerprint density at radius 1 is 0.467 bits per heavy atom. The molecule has 0 saturated heterocycles. The third-order valence-electron chi connectivity index (χ3n) is 12.2. The largest absolute Gasteiger partial charge is 0.427 e. The van der Waals surface area contributed by atoms with Gasteiger partial charge < -0.3 is 9.31 Å². The van der Waals surface area contributed by atoms with Crippen molar-refractivity contribution in [2.24, 2.45) is 0 Å². The topological polar surface area (TPSA) is 69.7 Å². The summed E-state index contributed by atoms with van der Waals surface area (Å²) < 4.78 is 50.3. The molecule has 6 aromatic rings. The van der Waals surface area contributed by atoms with E-state index in [1.54, 1.807) is 0 Å². The van der Waals surface area contributed by atoms with Crippen LogP contribution < -0.4 is 16.4 Å². The highest BCUT2D eigenvalue weighted by Crippen LogP contribution is 2.32. The molecule has 0 spiro atoms. The van der Waals surface area contributed by atoms with Crippen LogP contribution in [-0.4, -0.2) is 37.9 Å². The van der Waals surface area contributed by atoms with Crippen molar-refractivity contribution in [1.82, 2.24) is 0 Å². The van der Waals surface area contributed by atoms with E-state index in [1.807, 2.05) is 176 Å². The number of carbonyl (C=O) groups excluding carboxylic acids is 3. The van der Waals surface area contributed by atoms with Crippen molar-refractivity contribution in [3.63, 3.8) is 0 Å². The number of rotatable bonds is 9. The Balaban J connectivity index is 0.000000511. The number of ketones is 3. The molecule has 0 radical (unpaired) electrons. The van der Waals surface area contributed by atoms with Gasteiger partial charge in [-0.3, -0.25) is 14.4 Å². The molecule has 5 nitrogen and oxygen atoms in total. The van der Waals surface area contributed by atoms with Crippen molar-refractivity contribution in [2.45, 2.75) is 169 Å². The minimum atomic E-state index is -4.52. The molecule has 6 aromatic carbocycles. The van der Waals surface area contributed by atoms with Crippen LogP contribution >= 0.6 is 0 Å². The predicted molar refractivity (Wildman–Crippen MR) is 317 cm³/mol. The number of hydrogen-bond acceptors (Lipinski definition) is 5. The second-order valence-electron chi connectivity index (χ2n) is 17.0. The summed E-state index contributed by atoms with van der Waals surface area (Å²) in [5, 5.41) is 0. The number of aryl methyl sites for hydroxylation is 3. The van der Waals surface area contributed by atoms with E-state index in [-0.39, 0.29) is 37.4 Å². The molecule has 75 heavy (non-hydrogen) atoms. The van der Waals surface area contributed by atoms with Crippen LogP contribution in [0, 0.1) is 13.8 Å². The number of benzene rings is 6. The molecule has 3 aliphatic rings. The lowest BCUT2D eigenvalue weighted by Crippen LogP contribution is -2.24. The number of fused-ring (bicyclic) bond motifs is 3. The summed E-state index contributed by atoms with van der Waals surface area (Å²) in [5.74, 6) is -0.166. The monoisotopic (exact) mass is 1020 g/mol. The molecule has 3 aliphatic heterocycles. The van der Waals surface area contributed by atoms with E-state index in [4.69, 9.17) is 9.31 Å². The van der Waals surface area contributed by atoms with Gasteiger partial charge in [-0.1, -0.05) is 247 Å². The molecule has 402 valence electrons. The normalized spacial score (nSPS) is 11.9. The van der Waals surface area contributed by atoms with Gasteiger partial charge in [-0.15, -0.1) is 0 Å². The molecule has 0 N–H and O–H groups in total. The molecule has 9 rings (SSSR count). The summed E-state index contributed by atoms with van der Waals surface area (Å²) in [6, 6.07) is 38.8. The van der Waals surface area contributed by atoms with E-state index in [0.29, 0.717) is 32.8 Å². The van der Waals surface area contributed by atoms with Gasteiger partial charge in [-0.05, 0) is 71.1 Å². The van der Waals surface area contributed by atoms with Gasteiger partial charge in [0.2, 0.25) is 0 Å². The van der Waals surface area contributed by atoms with Gasteiger partial charge in [-0.25, -0.2) is 0 Å². The maximum Gasteiger partial charge on any atom is 0.417 e. The Morgan fingerprint density at radius 2 is 0.907 bits per heavy atom. The van der Waals surface area contributed by atoms with Crippen molar-refractivity contribution in [2.75, 3.05) is 0 Å². The second kappa shape index (κ2) is 35.5. The Morgan fingerprint density at radius 3 is 1.39 bits per heavy atom. The van der Waals surface area contributed by atoms with Crippen LogP contribution in [-0.2, 0) is 54.4 Å². The first-order chi connectivity index (χ1) is 36.1. The first kappa shape index (κ1) is 67.2. The second-order valence-corrected chi connectivity index (χ2v) is 17.0. The summed E-state index contributed by atoms with van der Waals surface area (Å²) in [5.41, 5.74) is 13.1. The third kappa shape index (κ3) is 20.4. The van der Waals surface area contributed by atoms with Crippen LogP contribution in [0.2, 0.25) is 26.8 Å². The maximum absolute atomic E-state index is 13.0. The zero-order valence-corrected chi connectivity index (χ0v) is 48.5. The smallest absolute Gasteiger partial charge is 0.417 e. The van der Waals surface area contributed by atoms with Crippen LogP contribution in [0.4, 0.5) is 13.2 Å². The number of carbonyl (C=O) groups is 3. The predicted octanol–water partition coefficient (Wildman–Crippen LogP) is 15.7. The average Bonchev–Trinajstić information content (AvgIpc) is 4.14. The highest BCUT2D eigenvalue weighted by atomic mass is 19.4. The molecule has 0 unspecified atom stereocenters. The van der Waals surface area contributed by atoms with Gasteiger partial charge in [0, 0.05) is 36.0 Å². The fraction of sp³-hybridized carbons (Fsp3) is 0.391. The van der Waals surface area contributed by atoms with Gasteiger partial charge in [0.25, 0.3) is 0 Å². The first-order valence-corrected chi connectivity index (χ1v) is 27.6. The SMILES string of the molecule is CB1CCc2ccc(CC(=O)c3ccccc3C(F)(F)F)cc21.CB1OCc2ccc(CC(=O)c3ccc(C)cc3)cc21.CB1OCc2ccc(CC(=O)c3cccc(C)c3)cc21.CC.CC.CC.CC.CC.CC. The first-order valence-electron chi connectivity index (χ1n) is 27.6. The van der Waals surface area contributed by atoms with Gasteiger partial charge in [0.05, 0.1) is 18.8 Å². The van der Waals surface area contributed by atoms with Crippen molar-refractivity contribution >= 4 is 54.3 Å². The van der Waals surface area contributed by atoms with Crippen LogP contribution in [0.5, 0.6) is 0 Å². The summed E-state index contributed by atoms with van der Waals surface area (Å²) in [7, 11) is 0. The van der Waals surface area contributed by atoms with Crippen molar-refractivity contribution in [3.05, 3.63) is 194 Å². The molecular formula is C64H86B3F3O5.